The predicted octanol–water partition coefficient (Wildman–Crippen LogP) is 2.54. The summed E-state index contributed by atoms with van der Waals surface area (Å²) in [5.74, 6) is 0. The molecule has 20 heavy (non-hydrogen) atoms. The normalized spacial score (nSPS) is 20.8. The van der Waals surface area contributed by atoms with Crippen LogP contribution in [0.2, 0.25) is 0 Å². The van der Waals surface area contributed by atoms with E-state index in [0.29, 0.717) is 6.04 Å². The van der Waals surface area contributed by atoms with Crippen LogP contribution in [0.3, 0.4) is 0 Å². The molecule has 1 fully saturated rings. The smallest absolute Gasteiger partial charge is 0.111 e. The van der Waals surface area contributed by atoms with E-state index in [1.807, 2.05) is 12.5 Å². The first kappa shape index (κ1) is 13.3. The van der Waals surface area contributed by atoms with Crippen LogP contribution < -0.4 is 5.32 Å². The second kappa shape index (κ2) is 6.20. The molecule has 0 amide bonds. The minimum absolute atomic E-state index is 0.101. The van der Waals surface area contributed by atoms with Crippen LogP contribution in [0, 0.1) is 0 Å². The first-order chi connectivity index (χ1) is 9.90. The Hall–Kier alpha value is -1.65. The molecule has 0 bridgehead atoms. The molecule has 0 aliphatic carbocycles. The van der Waals surface area contributed by atoms with Gasteiger partial charge in [-0.05, 0) is 12.0 Å². The van der Waals surface area contributed by atoms with Crippen LogP contribution in [0.15, 0.2) is 42.9 Å². The van der Waals surface area contributed by atoms with Crippen molar-refractivity contribution in [3.63, 3.8) is 0 Å². The summed E-state index contributed by atoms with van der Waals surface area (Å²) in [5, 5.41) is 3.38. The quantitative estimate of drug-likeness (QED) is 0.929. The molecule has 4 nitrogen and oxygen atoms in total. The Balaban J connectivity index is 1.91. The van der Waals surface area contributed by atoms with Crippen LogP contribution in [0.25, 0.3) is 0 Å². The van der Waals surface area contributed by atoms with Gasteiger partial charge in [0.1, 0.15) is 6.10 Å². The fraction of sp³-hybridized carbons (Fsp3) is 0.438. The third-order valence-electron chi connectivity index (χ3n) is 3.86. The SMILES string of the molecule is CCC(c1ccccc1)n1cncc1C1CNCCO1. The zero-order valence-electron chi connectivity index (χ0n) is 11.8. The highest BCUT2D eigenvalue weighted by atomic mass is 16.5. The third kappa shape index (κ3) is 2.62. The first-order valence-corrected chi connectivity index (χ1v) is 7.29. The van der Waals surface area contributed by atoms with Gasteiger partial charge in [0.15, 0.2) is 0 Å². The molecule has 1 saturated heterocycles. The highest BCUT2D eigenvalue weighted by Crippen LogP contribution is 2.27. The van der Waals surface area contributed by atoms with Crippen molar-refractivity contribution < 1.29 is 4.74 Å². The molecule has 1 aliphatic heterocycles. The molecule has 2 unspecified atom stereocenters. The number of hydrogen-bond acceptors (Lipinski definition) is 3. The second-order valence-corrected chi connectivity index (χ2v) is 5.12. The van der Waals surface area contributed by atoms with Gasteiger partial charge in [-0.3, -0.25) is 0 Å². The Morgan fingerprint density at radius 3 is 2.95 bits per heavy atom. The molecule has 1 N–H and O–H groups in total. The van der Waals surface area contributed by atoms with E-state index in [-0.39, 0.29) is 6.10 Å². The minimum Gasteiger partial charge on any atom is -0.369 e. The maximum atomic E-state index is 5.87. The summed E-state index contributed by atoms with van der Waals surface area (Å²) in [4.78, 5) is 4.35. The molecule has 1 aliphatic rings. The van der Waals surface area contributed by atoms with Crippen LogP contribution in [0.5, 0.6) is 0 Å². The van der Waals surface area contributed by atoms with Crippen molar-refractivity contribution >= 4 is 0 Å². The number of benzene rings is 1. The van der Waals surface area contributed by atoms with E-state index >= 15 is 0 Å². The predicted molar refractivity (Wildman–Crippen MR) is 78.7 cm³/mol. The highest BCUT2D eigenvalue weighted by molar-refractivity contribution is 5.22. The van der Waals surface area contributed by atoms with E-state index in [0.717, 1.165) is 31.8 Å². The van der Waals surface area contributed by atoms with Crippen molar-refractivity contribution in [3.8, 4) is 0 Å². The molecular formula is C16H21N3O. The van der Waals surface area contributed by atoms with Gasteiger partial charge in [-0.1, -0.05) is 37.3 Å². The molecule has 1 aromatic heterocycles. The van der Waals surface area contributed by atoms with Gasteiger partial charge < -0.3 is 14.6 Å². The number of imidazole rings is 1. The first-order valence-electron chi connectivity index (χ1n) is 7.29. The maximum Gasteiger partial charge on any atom is 0.111 e. The van der Waals surface area contributed by atoms with Crippen molar-refractivity contribution in [1.82, 2.24) is 14.9 Å². The number of rotatable bonds is 4. The highest BCUT2D eigenvalue weighted by Gasteiger charge is 2.23. The van der Waals surface area contributed by atoms with Crippen LogP contribution in [0.4, 0.5) is 0 Å². The summed E-state index contributed by atoms with van der Waals surface area (Å²) < 4.78 is 8.13. The average Bonchev–Trinajstić information content (AvgIpc) is 2.99. The van der Waals surface area contributed by atoms with E-state index in [4.69, 9.17) is 4.74 Å². The lowest BCUT2D eigenvalue weighted by Gasteiger charge is -2.27. The molecule has 2 heterocycles. The fourth-order valence-corrected chi connectivity index (χ4v) is 2.85. The summed E-state index contributed by atoms with van der Waals surface area (Å²) in [5.41, 5.74) is 2.48. The molecule has 0 spiro atoms. The summed E-state index contributed by atoms with van der Waals surface area (Å²) in [6.07, 6.45) is 5.00. The Morgan fingerprint density at radius 2 is 2.25 bits per heavy atom. The molecule has 3 rings (SSSR count). The Morgan fingerprint density at radius 1 is 1.40 bits per heavy atom. The van der Waals surface area contributed by atoms with Gasteiger partial charge >= 0.3 is 0 Å². The van der Waals surface area contributed by atoms with Gasteiger partial charge in [-0.15, -0.1) is 0 Å². The Labute approximate surface area is 119 Å². The van der Waals surface area contributed by atoms with E-state index < -0.39 is 0 Å². The van der Waals surface area contributed by atoms with E-state index in [1.165, 1.54) is 5.56 Å². The number of nitrogens with zero attached hydrogens (tertiary/aromatic N) is 2. The zero-order chi connectivity index (χ0) is 13.8. The van der Waals surface area contributed by atoms with Gasteiger partial charge in [0.2, 0.25) is 0 Å². The van der Waals surface area contributed by atoms with Crippen LogP contribution >= 0.6 is 0 Å². The largest absolute Gasteiger partial charge is 0.369 e. The molecular weight excluding hydrogens is 250 g/mol. The summed E-state index contributed by atoms with van der Waals surface area (Å²) >= 11 is 0. The molecule has 106 valence electrons. The Bertz CT molecular complexity index is 532. The summed E-state index contributed by atoms with van der Waals surface area (Å²) in [7, 11) is 0. The molecule has 0 saturated carbocycles. The van der Waals surface area contributed by atoms with Crippen LogP contribution in [-0.2, 0) is 4.74 Å². The minimum atomic E-state index is 0.101. The molecule has 2 aromatic rings. The number of hydrogen-bond donors (Lipinski definition) is 1. The maximum absolute atomic E-state index is 5.87. The molecule has 2 atom stereocenters. The average molecular weight is 271 g/mol. The van der Waals surface area contributed by atoms with E-state index in [2.05, 4.69) is 52.1 Å². The Kier molecular flexibility index (Phi) is 4.14. The second-order valence-electron chi connectivity index (χ2n) is 5.12. The van der Waals surface area contributed by atoms with E-state index in [1.54, 1.807) is 0 Å². The van der Waals surface area contributed by atoms with Gasteiger partial charge in [-0.2, -0.15) is 0 Å². The zero-order valence-corrected chi connectivity index (χ0v) is 11.8. The lowest BCUT2D eigenvalue weighted by Crippen LogP contribution is -2.34. The lowest BCUT2D eigenvalue weighted by molar-refractivity contribution is 0.0222. The van der Waals surface area contributed by atoms with Crippen molar-refractivity contribution in [2.75, 3.05) is 19.7 Å². The van der Waals surface area contributed by atoms with Gasteiger partial charge in [0, 0.05) is 13.1 Å². The number of ether oxygens (including phenoxy) is 1. The molecule has 4 heteroatoms. The number of morpholine rings is 1. The fourth-order valence-electron chi connectivity index (χ4n) is 2.85. The van der Waals surface area contributed by atoms with E-state index in [9.17, 15) is 0 Å². The van der Waals surface area contributed by atoms with Gasteiger partial charge in [0.05, 0.1) is 30.9 Å². The standard InChI is InChI=1S/C16H21N3O/c1-2-14(13-6-4-3-5-7-13)19-12-18-10-15(19)16-11-17-8-9-20-16/h3-7,10,12,14,16-17H,2,8-9,11H2,1H3. The van der Waals surface area contributed by atoms with Crippen molar-refractivity contribution in [2.24, 2.45) is 0 Å². The van der Waals surface area contributed by atoms with Crippen molar-refractivity contribution in [1.29, 1.82) is 0 Å². The molecule has 1 aromatic carbocycles. The van der Waals surface area contributed by atoms with Gasteiger partial charge in [0.25, 0.3) is 0 Å². The van der Waals surface area contributed by atoms with Crippen molar-refractivity contribution in [3.05, 3.63) is 54.1 Å². The summed E-state index contributed by atoms with van der Waals surface area (Å²) in [6.45, 7) is 4.76. The topological polar surface area (TPSA) is 39.1 Å². The van der Waals surface area contributed by atoms with Crippen molar-refractivity contribution in [2.45, 2.75) is 25.5 Å². The lowest BCUT2D eigenvalue weighted by atomic mass is 10.0. The van der Waals surface area contributed by atoms with Gasteiger partial charge in [-0.25, -0.2) is 4.98 Å². The van der Waals surface area contributed by atoms with Crippen LogP contribution in [0.1, 0.15) is 36.7 Å². The number of nitrogens with one attached hydrogen (secondary N) is 1. The molecule has 0 radical (unpaired) electrons. The number of aromatic nitrogens is 2. The monoisotopic (exact) mass is 271 g/mol. The van der Waals surface area contributed by atoms with Crippen LogP contribution in [-0.4, -0.2) is 29.2 Å². The third-order valence-corrected chi connectivity index (χ3v) is 3.86. The summed E-state index contributed by atoms with van der Waals surface area (Å²) in [6, 6.07) is 10.9.